The summed E-state index contributed by atoms with van der Waals surface area (Å²) >= 11 is 0. The van der Waals surface area contributed by atoms with Crippen molar-refractivity contribution in [2.24, 2.45) is 5.92 Å². The van der Waals surface area contributed by atoms with Crippen LogP contribution < -0.4 is 0 Å². The van der Waals surface area contributed by atoms with E-state index in [1.807, 2.05) is 48.5 Å². The fraction of sp³-hybridized carbons (Fsp3) is 0.296. The smallest absolute Gasteiger partial charge is 0.243 e. The highest BCUT2D eigenvalue weighted by molar-refractivity contribution is 7.89. The van der Waals surface area contributed by atoms with Gasteiger partial charge in [-0.3, -0.25) is 4.79 Å². The van der Waals surface area contributed by atoms with Crippen LogP contribution in [0, 0.1) is 11.7 Å². The number of piperidine rings is 1. The molecule has 1 fully saturated rings. The molecule has 0 N–H and O–H groups in total. The molecule has 0 unspecified atom stereocenters. The maximum absolute atomic E-state index is 13.4. The van der Waals surface area contributed by atoms with Gasteiger partial charge >= 0.3 is 0 Å². The van der Waals surface area contributed by atoms with Gasteiger partial charge in [0.15, 0.2) is 0 Å². The summed E-state index contributed by atoms with van der Waals surface area (Å²) in [5.41, 5.74) is 2.08. The lowest BCUT2D eigenvalue weighted by Crippen LogP contribution is -2.45. The molecule has 5 nitrogen and oxygen atoms in total. The van der Waals surface area contributed by atoms with E-state index in [1.54, 1.807) is 4.90 Å². The Balaban J connectivity index is 1.44. The predicted molar refractivity (Wildman–Crippen MR) is 130 cm³/mol. The summed E-state index contributed by atoms with van der Waals surface area (Å²) in [7, 11) is -3.98. The summed E-state index contributed by atoms with van der Waals surface area (Å²) in [6.07, 6.45) is 2.77. The first kappa shape index (κ1) is 24.1. The fourth-order valence-corrected chi connectivity index (χ4v) is 5.73. The van der Waals surface area contributed by atoms with Crippen LogP contribution in [0.25, 0.3) is 0 Å². The summed E-state index contributed by atoms with van der Waals surface area (Å²) < 4.78 is 41.3. The Morgan fingerprint density at radius 3 is 2.00 bits per heavy atom. The molecule has 1 aliphatic rings. The molecule has 4 rings (SSSR count). The van der Waals surface area contributed by atoms with E-state index in [-0.39, 0.29) is 23.9 Å². The summed E-state index contributed by atoms with van der Waals surface area (Å²) in [5.74, 6) is -0.211. The third-order valence-corrected chi connectivity index (χ3v) is 8.11. The molecular formula is C27H29FN2O3S. The summed E-state index contributed by atoms with van der Waals surface area (Å²) in [5, 5.41) is 0. The SMILES string of the molecule is O=C(CN(Cc1ccccc1)S(=O)(=O)c1ccc(F)cc1)N1CCC(Cc2ccccc2)CC1. The highest BCUT2D eigenvalue weighted by Gasteiger charge is 2.30. The van der Waals surface area contributed by atoms with Crippen LogP contribution >= 0.6 is 0 Å². The molecule has 1 saturated heterocycles. The minimum absolute atomic E-state index is 0.0285. The lowest BCUT2D eigenvalue weighted by molar-refractivity contribution is -0.132. The van der Waals surface area contributed by atoms with Gasteiger partial charge in [-0.25, -0.2) is 12.8 Å². The van der Waals surface area contributed by atoms with Gasteiger partial charge in [0.05, 0.1) is 11.4 Å². The second-order valence-corrected chi connectivity index (χ2v) is 10.7. The normalized spacial score (nSPS) is 14.9. The second kappa shape index (κ2) is 10.9. The zero-order valence-corrected chi connectivity index (χ0v) is 19.8. The lowest BCUT2D eigenvalue weighted by atomic mass is 9.90. The van der Waals surface area contributed by atoms with Crippen molar-refractivity contribution < 1.29 is 17.6 Å². The van der Waals surface area contributed by atoms with Crippen LogP contribution in [0.5, 0.6) is 0 Å². The molecule has 3 aromatic carbocycles. The van der Waals surface area contributed by atoms with Crippen molar-refractivity contribution in [1.82, 2.24) is 9.21 Å². The van der Waals surface area contributed by atoms with Gasteiger partial charge in [-0.15, -0.1) is 0 Å². The van der Waals surface area contributed by atoms with E-state index in [9.17, 15) is 17.6 Å². The molecule has 0 bridgehead atoms. The molecule has 34 heavy (non-hydrogen) atoms. The van der Waals surface area contributed by atoms with E-state index in [1.165, 1.54) is 22.0 Å². The average Bonchev–Trinajstić information content (AvgIpc) is 2.85. The number of carbonyl (C=O) groups excluding carboxylic acids is 1. The molecule has 7 heteroatoms. The van der Waals surface area contributed by atoms with Gasteiger partial charge in [0, 0.05) is 19.6 Å². The Morgan fingerprint density at radius 1 is 0.853 bits per heavy atom. The number of hydrogen-bond acceptors (Lipinski definition) is 3. The van der Waals surface area contributed by atoms with Crippen molar-refractivity contribution >= 4 is 15.9 Å². The molecule has 0 aliphatic carbocycles. The highest BCUT2D eigenvalue weighted by atomic mass is 32.2. The van der Waals surface area contributed by atoms with E-state index in [2.05, 4.69) is 12.1 Å². The first-order chi connectivity index (χ1) is 16.4. The van der Waals surface area contributed by atoms with Crippen LogP contribution in [0.15, 0.2) is 89.8 Å². The number of hydrogen-bond donors (Lipinski definition) is 0. The van der Waals surface area contributed by atoms with Crippen molar-refractivity contribution in [2.45, 2.75) is 30.7 Å². The van der Waals surface area contributed by atoms with Crippen LogP contribution in [-0.4, -0.2) is 43.2 Å². The number of rotatable bonds is 8. The maximum Gasteiger partial charge on any atom is 0.243 e. The zero-order valence-electron chi connectivity index (χ0n) is 19.0. The van der Waals surface area contributed by atoms with Crippen molar-refractivity contribution in [3.8, 4) is 0 Å². The Hall–Kier alpha value is -3.03. The minimum Gasteiger partial charge on any atom is -0.342 e. The van der Waals surface area contributed by atoms with Crippen LogP contribution in [0.4, 0.5) is 4.39 Å². The molecule has 178 valence electrons. The first-order valence-corrected chi connectivity index (χ1v) is 13.0. The van der Waals surface area contributed by atoms with Gasteiger partial charge in [-0.1, -0.05) is 60.7 Å². The number of sulfonamides is 1. The van der Waals surface area contributed by atoms with Gasteiger partial charge < -0.3 is 4.90 Å². The predicted octanol–water partition coefficient (Wildman–Crippen LogP) is 4.50. The lowest BCUT2D eigenvalue weighted by Gasteiger charge is -2.33. The number of nitrogens with zero attached hydrogens (tertiary/aromatic N) is 2. The standard InChI is InChI=1S/C27H29FN2O3S/c28-25-11-13-26(14-12-25)34(32,33)30(20-24-9-5-2-6-10-24)21-27(31)29-17-15-23(16-18-29)19-22-7-3-1-4-8-22/h1-14,23H,15-21H2. The van der Waals surface area contributed by atoms with Crippen molar-refractivity contribution in [3.05, 3.63) is 102 Å². The summed E-state index contributed by atoms with van der Waals surface area (Å²) in [6.45, 7) is 1.05. The molecule has 0 spiro atoms. The van der Waals surface area contributed by atoms with Crippen LogP contribution in [0.2, 0.25) is 0 Å². The van der Waals surface area contributed by atoms with Crippen molar-refractivity contribution in [1.29, 1.82) is 0 Å². The quantitative estimate of drug-likeness (QED) is 0.477. The Labute approximate surface area is 200 Å². The summed E-state index contributed by atoms with van der Waals surface area (Å²) in [6, 6.07) is 24.2. The molecule has 1 aliphatic heterocycles. The van der Waals surface area contributed by atoms with Gasteiger partial charge in [0.2, 0.25) is 15.9 Å². The highest BCUT2D eigenvalue weighted by Crippen LogP contribution is 2.23. The van der Waals surface area contributed by atoms with Gasteiger partial charge in [0.25, 0.3) is 0 Å². The molecule has 1 heterocycles. The number of benzene rings is 3. The van der Waals surface area contributed by atoms with E-state index in [4.69, 9.17) is 0 Å². The molecule has 0 atom stereocenters. The minimum atomic E-state index is -3.98. The molecule has 0 radical (unpaired) electrons. The van der Waals surface area contributed by atoms with E-state index in [0.717, 1.165) is 37.0 Å². The van der Waals surface area contributed by atoms with E-state index >= 15 is 0 Å². The van der Waals surface area contributed by atoms with Crippen molar-refractivity contribution in [3.63, 3.8) is 0 Å². The average molecular weight is 481 g/mol. The van der Waals surface area contributed by atoms with Crippen molar-refractivity contribution in [2.75, 3.05) is 19.6 Å². The second-order valence-electron chi connectivity index (χ2n) is 8.73. The molecular weight excluding hydrogens is 451 g/mol. The van der Waals surface area contributed by atoms with Gasteiger partial charge in [0.1, 0.15) is 5.82 Å². The van der Waals surface area contributed by atoms with E-state index < -0.39 is 15.8 Å². The van der Waals surface area contributed by atoms with Crippen LogP contribution in [0.1, 0.15) is 24.0 Å². The van der Waals surface area contributed by atoms with E-state index in [0.29, 0.717) is 19.0 Å². The zero-order chi connectivity index (χ0) is 24.0. The Bertz CT molecular complexity index is 1180. The van der Waals surface area contributed by atoms with Crippen LogP contribution in [-0.2, 0) is 27.8 Å². The largest absolute Gasteiger partial charge is 0.342 e. The number of amides is 1. The molecule has 0 aromatic heterocycles. The monoisotopic (exact) mass is 480 g/mol. The molecule has 3 aromatic rings. The molecule has 0 saturated carbocycles. The van der Waals surface area contributed by atoms with Gasteiger partial charge in [-0.05, 0) is 60.6 Å². The maximum atomic E-state index is 13.4. The van der Waals surface area contributed by atoms with Gasteiger partial charge in [-0.2, -0.15) is 4.31 Å². The Morgan fingerprint density at radius 2 is 1.41 bits per heavy atom. The number of carbonyl (C=O) groups is 1. The Kier molecular flexibility index (Phi) is 7.75. The number of halogens is 1. The fourth-order valence-electron chi connectivity index (χ4n) is 4.35. The first-order valence-electron chi connectivity index (χ1n) is 11.5. The number of likely N-dealkylation sites (tertiary alicyclic amines) is 1. The molecule has 1 amide bonds. The van der Waals surface area contributed by atoms with Crippen LogP contribution in [0.3, 0.4) is 0 Å². The third kappa shape index (κ3) is 6.10. The summed E-state index contributed by atoms with van der Waals surface area (Å²) in [4.78, 5) is 14.9. The third-order valence-electron chi connectivity index (χ3n) is 6.30. The topological polar surface area (TPSA) is 57.7 Å².